The SMILES string of the molecule is CCC(c1cccc([N+](=O)[O-])c1)N(O)C(=O)OC. The lowest BCUT2D eigenvalue weighted by Gasteiger charge is -2.23. The standard InChI is InChI=1S/C11H14N2O5/c1-3-10(12(15)11(14)18-2)8-5-4-6-9(7-8)13(16)17/h4-7,10,15H,3H2,1-2H3. The molecule has 0 spiro atoms. The molecule has 1 amide bonds. The number of methoxy groups -OCH3 is 1. The number of amides is 1. The van der Waals surface area contributed by atoms with Crippen LogP contribution in [0.3, 0.4) is 0 Å². The number of carbonyl (C=O) groups is 1. The summed E-state index contributed by atoms with van der Waals surface area (Å²) in [6, 6.07) is 5.09. The van der Waals surface area contributed by atoms with Crippen LogP contribution in [0.25, 0.3) is 0 Å². The third kappa shape index (κ3) is 2.95. The molecule has 0 aliphatic heterocycles. The molecular weight excluding hydrogens is 240 g/mol. The molecule has 7 heteroatoms. The molecule has 0 saturated heterocycles. The van der Waals surface area contributed by atoms with Crippen LogP contribution in [0.5, 0.6) is 0 Å². The van der Waals surface area contributed by atoms with Crippen LogP contribution in [-0.4, -0.2) is 28.4 Å². The van der Waals surface area contributed by atoms with Gasteiger partial charge < -0.3 is 4.74 Å². The van der Waals surface area contributed by atoms with Gasteiger partial charge in [0.1, 0.15) is 0 Å². The van der Waals surface area contributed by atoms with Crippen molar-refractivity contribution in [1.29, 1.82) is 0 Å². The van der Waals surface area contributed by atoms with Gasteiger partial charge in [0.15, 0.2) is 0 Å². The Hall–Kier alpha value is -2.15. The zero-order valence-corrected chi connectivity index (χ0v) is 10.1. The lowest BCUT2D eigenvalue weighted by atomic mass is 10.0. The molecule has 7 nitrogen and oxygen atoms in total. The zero-order chi connectivity index (χ0) is 13.7. The third-order valence-corrected chi connectivity index (χ3v) is 2.51. The monoisotopic (exact) mass is 254 g/mol. The average Bonchev–Trinajstić information content (AvgIpc) is 2.38. The minimum absolute atomic E-state index is 0.0933. The smallest absolute Gasteiger partial charge is 0.434 e. The lowest BCUT2D eigenvalue weighted by molar-refractivity contribution is -0.385. The normalized spacial score (nSPS) is 11.7. The topological polar surface area (TPSA) is 92.9 Å². The average molecular weight is 254 g/mol. The highest BCUT2D eigenvalue weighted by molar-refractivity contribution is 5.66. The van der Waals surface area contributed by atoms with E-state index in [4.69, 9.17) is 0 Å². The van der Waals surface area contributed by atoms with Gasteiger partial charge in [0, 0.05) is 12.1 Å². The molecule has 0 radical (unpaired) electrons. The van der Waals surface area contributed by atoms with E-state index in [9.17, 15) is 20.1 Å². The van der Waals surface area contributed by atoms with Gasteiger partial charge in [-0.2, -0.15) is 5.06 Å². The van der Waals surface area contributed by atoms with Crippen LogP contribution in [0.1, 0.15) is 24.9 Å². The van der Waals surface area contributed by atoms with E-state index >= 15 is 0 Å². The van der Waals surface area contributed by atoms with E-state index < -0.39 is 17.1 Å². The van der Waals surface area contributed by atoms with E-state index in [-0.39, 0.29) is 5.69 Å². The predicted octanol–water partition coefficient (Wildman–Crippen LogP) is 2.50. The van der Waals surface area contributed by atoms with Gasteiger partial charge >= 0.3 is 6.09 Å². The lowest BCUT2D eigenvalue weighted by Crippen LogP contribution is -2.31. The van der Waals surface area contributed by atoms with Crippen LogP contribution < -0.4 is 0 Å². The van der Waals surface area contributed by atoms with Crippen molar-refractivity contribution in [2.45, 2.75) is 19.4 Å². The third-order valence-electron chi connectivity index (χ3n) is 2.51. The summed E-state index contributed by atoms with van der Waals surface area (Å²) in [4.78, 5) is 21.4. The van der Waals surface area contributed by atoms with E-state index in [1.807, 2.05) is 0 Å². The second-order valence-corrected chi connectivity index (χ2v) is 3.59. The number of non-ortho nitro benzene ring substituents is 1. The van der Waals surface area contributed by atoms with Crippen molar-refractivity contribution in [1.82, 2.24) is 5.06 Å². The largest absolute Gasteiger partial charge is 0.451 e. The molecule has 1 N–H and O–H groups in total. The van der Waals surface area contributed by atoms with Gasteiger partial charge in [-0.1, -0.05) is 19.1 Å². The highest BCUT2D eigenvalue weighted by Crippen LogP contribution is 2.26. The number of benzene rings is 1. The number of nitro groups is 1. The fourth-order valence-electron chi connectivity index (χ4n) is 1.62. The van der Waals surface area contributed by atoms with E-state index in [0.29, 0.717) is 17.0 Å². The summed E-state index contributed by atoms with van der Waals surface area (Å²) in [6.07, 6.45) is -0.513. The number of hydrogen-bond acceptors (Lipinski definition) is 5. The Bertz CT molecular complexity index is 449. The molecule has 98 valence electrons. The maximum Gasteiger partial charge on any atom is 0.434 e. The molecule has 0 fully saturated rings. The molecular formula is C11H14N2O5. The van der Waals surface area contributed by atoms with Gasteiger partial charge in [-0.05, 0) is 12.0 Å². The van der Waals surface area contributed by atoms with Crippen molar-refractivity contribution in [3.8, 4) is 0 Å². The van der Waals surface area contributed by atoms with Crippen molar-refractivity contribution in [2.75, 3.05) is 7.11 Å². The van der Waals surface area contributed by atoms with Crippen molar-refractivity contribution in [3.63, 3.8) is 0 Å². The van der Waals surface area contributed by atoms with Gasteiger partial charge in [0.25, 0.3) is 5.69 Å². The summed E-state index contributed by atoms with van der Waals surface area (Å²) >= 11 is 0. The Morgan fingerprint density at radius 2 is 2.28 bits per heavy atom. The molecule has 18 heavy (non-hydrogen) atoms. The fourth-order valence-corrected chi connectivity index (χ4v) is 1.62. The van der Waals surface area contributed by atoms with Crippen LogP contribution in [0.2, 0.25) is 0 Å². The van der Waals surface area contributed by atoms with Crippen molar-refractivity contribution >= 4 is 11.8 Å². The minimum atomic E-state index is -0.909. The summed E-state index contributed by atoms with van der Waals surface area (Å²) in [6.45, 7) is 1.75. The first-order valence-corrected chi connectivity index (χ1v) is 5.31. The summed E-state index contributed by atoms with van der Waals surface area (Å²) in [5, 5.41) is 20.7. The number of nitrogens with zero attached hydrogens (tertiary/aromatic N) is 2. The van der Waals surface area contributed by atoms with E-state index in [1.54, 1.807) is 13.0 Å². The number of ether oxygens (including phenoxy) is 1. The first kappa shape index (κ1) is 13.9. The Kier molecular flexibility index (Phi) is 4.61. The highest BCUT2D eigenvalue weighted by atomic mass is 16.6. The van der Waals surface area contributed by atoms with Gasteiger partial charge in [0.2, 0.25) is 0 Å². The maximum absolute atomic E-state index is 11.2. The van der Waals surface area contributed by atoms with Crippen LogP contribution >= 0.6 is 0 Å². The van der Waals surface area contributed by atoms with Gasteiger partial charge in [-0.25, -0.2) is 4.79 Å². The first-order valence-electron chi connectivity index (χ1n) is 5.31. The van der Waals surface area contributed by atoms with Crippen molar-refractivity contribution in [2.24, 2.45) is 0 Å². The molecule has 1 aromatic carbocycles. The number of hydroxylamine groups is 2. The molecule has 0 bridgehead atoms. The second-order valence-electron chi connectivity index (χ2n) is 3.59. The van der Waals surface area contributed by atoms with Crippen LogP contribution in [0, 0.1) is 10.1 Å². The van der Waals surface area contributed by atoms with Crippen molar-refractivity contribution < 1.29 is 19.7 Å². The fraction of sp³-hybridized carbons (Fsp3) is 0.364. The molecule has 0 saturated carbocycles. The van der Waals surface area contributed by atoms with Crippen LogP contribution in [-0.2, 0) is 4.74 Å². The summed E-state index contributed by atoms with van der Waals surface area (Å²) in [5.41, 5.74) is 0.379. The molecule has 0 heterocycles. The highest BCUT2D eigenvalue weighted by Gasteiger charge is 2.24. The van der Waals surface area contributed by atoms with E-state index in [0.717, 1.165) is 7.11 Å². The summed E-state index contributed by atoms with van der Waals surface area (Å²) in [5.74, 6) is 0. The molecule has 1 unspecified atom stereocenters. The Morgan fingerprint density at radius 1 is 1.61 bits per heavy atom. The predicted molar refractivity (Wildman–Crippen MR) is 62.2 cm³/mol. The first-order chi connectivity index (χ1) is 8.51. The van der Waals surface area contributed by atoms with Crippen LogP contribution in [0.4, 0.5) is 10.5 Å². The number of carbonyl (C=O) groups excluding carboxylic acids is 1. The minimum Gasteiger partial charge on any atom is -0.451 e. The number of hydrogen-bond donors (Lipinski definition) is 1. The molecule has 0 aromatic heterocycles. The molecule has 1 aromatic rings. The molecule has 1 atom stereocenters. The van der Waals surface area contributed by atoms with Crippen LogP contribution in [0.15, 0.2) is 24.3 Å². The molecule has 0 aliphatic carbocycles. The Balaban J connectivity index is 3.05. The molecule has 1 rings (SSSR count). The quantitative estimate of drug-likeness (QED) is 0.506. The summed E-state index contributed by atoms with van der Waals surface area (Å²) < 4.78 is 4.40. The Labute approximate surface area is 104 Å². The number of rotatable bonds is 4. The van der Waals surface area contributed by atoms with Gasteiger partial charge in [-0.15, -0.1) is 0 Å². The van der Waals surface area contributed by atoms with E-state index in [2.05, 4.69) is 4.74 Å². The second kappa shape index (κ2) is 5.97. The van der Waals surface area contributed by atoms with Gasteiger partial charge in [0.05, 0.1) is 18.1 Å². The maximum atomic E-state index is 11.2. The number of nitro benzene ring substituents is 1. The Morgan fingerprint density at radius 3 is 2.78 bits per heavy atom. The van der Waals surface area contributed by atoms with E-state index in [1.165, 1.54) is 18.2 Å². The van der Waals surface area contributed by atoms with Crippen molar-refractivity contribution in [3.05, 3.63) is 39.9 Å². The molecule has 0 aliphatic rings. The zero-order valence-electron chi connectivity index (χ0n) is 10.1. The summed E-state index contributed by atoms with van der Waals surface area (Å²) in [7, 11) is 1.14. The van der Waals surface area contributed by atoms with Gasteiger partial charge in [-0.3, -0.25) is 15.3 Å².